The van der Waals surface area contributed by atoms with Crippen LogP contribution in [0.4, 0.5) is 0 Å². The van der Waals surface area contributed by atoms with Crippen LogP contribution in [0.15, 0.2) is 28.8 Å². The molecule has 0 radical (unpaired) electrons. The van der Waals surface area contributed by atoms with E-state index in [9.17, 15) is 0 Å². The zero-order valence-corrected chi connectivity index (χ0v) is 11.0. The van der Waals surface area contributed by atoms with E-state index in [1.54, 1.807) is 0 Å². The summed E-state index contributed by atoms with van der Waals surface area (Å²) in [5.74, 6) is 2.30. The molecule has 0 N–H and O–H groups in total. The van der Waals surface area contributed by atoms with Gasteiger partial charge in [-0.15, -0.1) is 0 Å². The van der Waals surface area contributed by atoms with Crippen LogP contribution in [-0.4, -0.2) is 10.1 Å². The van der Waals surface area contributed by atoms with Crippen LogP contribution in [0, 0.1) is 0 Å². The molecule has 0 aliphatic heterocycles. The summed E-state index contributed by atoms with van der Waals surface area (Å²) in [6.45, 7) is 6.49. The number of hydrogen-bond donors (Lipinski definition) is 0. The lowest BCUT2D eigenvalue weighted by Gasteiger charge is -2.03. The highest BCUT2D eigenvalue weighted by atomic mass is 16.5. The maximum atomic E-state index is 5.60. The normalized spacial score (nSPS) is 10.9. The van der Waals surface area contributed by atoms with Gasteiger partial charge in [-0.05, 0) is 24.1 Å². The summed E-state index contributed by atoms with van der Waals surface area (Å²) < 4.78 is 10.7. The van der Waals surface area contributed by atoms with Gasteiger partial charge in [0.15, 0.2) is 6.61 Å². The minimum absolute atomic E-state index is 0.245. The first-order valence-corrected chi connectivity index (χ1v) is 6.23. The van der Waals surface area contributed by atoms with Gasteiger partial charge in [-0.3, -0.25) is 0 Å². The minimum atomic E-state index is 0.245. The van der Waals surface area contributed by atoms with Gasteiger partial charge in [0.05, 0.1) is 0 Å². The monoisotopic (exact) mass is 246 g/mol. The van der Waals surface area contributed by atoms with E-state index in [1.165, 1.54) is 5.56 Å². The van der Waals surface area contributed by atoms with Crippen LogP contribution in [0.2, 0.25) is 0 Å². The van der Waals surface area contributed by atoms with E-state index >= 15 is 0 Å². The molecule has 2 rings (SSSR count). The van der Waals surface area contributed by atoms with Crippen molar-refractivity contribution in [2.75, 3.05) is 0 Å². The van der Waals surface area contributed by atoms with Crippen LogP contribution in [-0.2, 0) is 13.0 Å². The van der Waals surface area contributed by atoms with E-state index in [1.807, 2.05) is 26.0 Å². The number of hydrogen-bond acceptors (Lipinski definition) is 4. The van der Waals surface area contributed by atoms with Crippen molar-refractivity contribution in [3.63, 3.8) is 0 Å². The van der Waals surface area contributed by atoms with Gasteiger partial charge in [-0.25, -0.2) is 0 Å². The third kappa shape index (κ3) is 3.09. The summed E-state index contributed by atoms with van der Waals surface area (Å²) in [5.41, 5.74) is 1.30. The maximum absolute atomic E-state index is 5.60. The highest BCUT2D eigenvalue weighted by molar-refractivity contribution is 5.27. The van der Waals surface area contributed by atoms with Gasteiger partial charge in [0, 0.05) is 5.92 Å². The molecule has 4 heteroatoms. The van der Waals surface area contributed by atoms with Crippen molar-refractivity contribution in [3.05, 3.63) is 41.5 Å². The molecule has 0 fully saturated rings. The molecule has 0 bridgehead atoms. The quantitative estimate of drug-likeness (QED) is 0.811. The SMILES string of the molecule is CCc1ccc(OCc2noc(C(C)C)n2)cc1. The van der Waals surface area contributed by atoms with Crippen LogP contribution in [0.25, 0.3) is 0 Å². The Bertz CT molecular complexity index is 489. The summed E-state index contributed by atoms with van der Waals surface area (Å²) in [5, 5.41) is 3.88. The van der Waals surface area contributed by atoms with Crippen molar-refractivity contribution in [1.29, 1.82) is 0 Å². The molecule has 0 amide bonds. The molecule has 0 saturated carbocycles. The predicted octanol–water partition coefficient (Wildman–Crippen LogP) is 3.33. The van der Waals surface area contributed by atoms with Crippen LogP contribution in [0.1, 0.15) is 44.0 Å². The molecule has 18 heavy (non-hydrogen) atoms. The van der Waals surface area contributed by atoms with Crippen LogP contribution < -0.4 is 4.74 Å². The first kappa shape index (κ1) is 12.6. The third-order valence-corrected chi connectivity index (χ3v) is 2.68. The topological polar surface area (TPSA) is 48.2 Å². The zero-order chi connectivity index (χ0) is 13.0. The fraction of sp³-hybridized carbons (Fsp3) is 0.429. The Balaban J connectivity index is 1.93. The molecule has 0 aliphatic rings. The Kier molecular flexibility index (Phi) is 3.97. The minimum Gasteiger partial charge on any atom is -0.485 e. The Labute approximate surface area is 107 Å². The lowest BCUT2D eigenvalue weighted by atomic mass is 10.2. The molecule has 0 unspecified atom stereocenters. The summed E-state index contributed by atoms with van der Waals surface area (Å²) in [4.78, 5) is 4.26. The number of ether oxygens (including phenoxy) is 1. The summed E-state index contributed by atoms with van der Waals surface area (Å²) in [6.07, 6.45) is 1.03. The number of rotatable bonds is 5. The zero-order valence-electron chi connectivity index (χ0n) is 11.0. The number of aromatic nitrogens is 2. The summed E-state index contributed by atoms with van der Waals surface area (Å²) in [7, 11) is 0. The number of aryl methyl sites for hydroxylation is 1. The fourth-order valence-electron chi connectivity index (χ4n) is 1.53. The third-order valence-electron chi connectivity index (χ3n) is 2.68. The average Bonchev–Trinajstić information content (AvgIpc) is 2.86. The second-order valence-electron chi connectivity index (χ2n) is 4.49. The van der Waals surface area contributed by atoms with E-state index < -0.39 is 0 Å². The molecule has 2 aromatic rings. The van der Waals surface area contributed by atoms with Gasteiger partial charge < -0.3 is 9.26 Å². The maximum Gasteiger partial charge on any atom is 0.229 e. The standard InChI is InChI=1S/C14H18N2O2/c1-4-11-5-7-12(8-6-11)17-9-13-15-14(10(2)3)18-16-13/h5-8,10H,4,9H2,1-3H3. The lowest BCUT2D eigenvalue weighted by Crippen LogP contribution is -1.98. The van der Waals surface area contributed by atoms with Gasteiger partial charge in [0.1, 0.15) is 5.75 Å². The largest absolute Gasteiger partial charge is 0.485 e. The van der Waals surface area contributed by atoms with Crippen molar-refractivity contribution < 1.29 is 9.26 Å². The Hall–Kier alpha value is -1.84. The van der Waals surface area contributed by atoms with Crippen LogP contribution >= 0.6 is 0 Å². The van der Waals surface area contributed by atoms with E-state index in [4.69, 9.17) is 9.26 Å². The molecule has 0 spiro atoms. The summed E-state index contributed by atoms with van der Waals surface area (Å²) in [6, 6.07) is 8.04. The van der Waals surface area contributed by atoms with Crippen LogP contribution in [0.3, 0.4) is 0 Å². The molecule has 1 heterocycles. The Morgan fingerprint density at radius 3 is 2.50 bits per heavy atom. The fourth-order valence-corrected chi connectivity index (χ4v) is 1.53. The molecule has 0 atom stereocenters. The van der Waals surface area contributed by atoms with Crippen molar-refractivity contribution in [1.82, 2.24) is 10.1 Å². The average molecular weight is 246 g/mol. The van der Waals surface area contributed by atoms with Gasteiger partial charge in [0.25, 0.3) is 0 Å². The highest BCUT2D eigenvalue weighted by Gasteiger charge is 2.09. The van der Waals surface area contributed by atoms with Crippen molar-refractivity contribution in [2.24, 2.45) is 0 Å². The second-order valence-corrected chi connectivity index (χ2v) is 4.49. The second kappa shape index (κ2) is 5.67. The highest BCUT2D eigenvalue weighted by Crippen LogP contribution is 2.15. The molecular weight excluding hydrogens is 228 g/mol. The smallest absolute Gasteiger partial charge is 0.229 e. The van der Waals surface area contributed by atoms with Crippen molar-refractivity contribution >= 4 is 0 Å². The summed E-state index contributed by atoms with van der Waals surface area (Å²) >= 11 is 0. The molecule has 1 aromatic heterocycles. The van der Waals surface area contributed by atoms with Gasteiger partial charge in [0.2, 0.25) is 11.7 Å². The van der Waals surface area contributed by atoms with E-state index in [0.717, 1.165) is 12.2 Å². The van der Waals surface area contributed by atoms with E-state index in [0.29, 0.717) is 18.3 Å². The van der Waals surface area contributed by atoms with Crippen molar-refractivity contribution in [2.45, 2.75) is 39.7 Å². The first-order valence-electron chi connectivity index (χ1n) is 6.23. The van der Waals surface area contributed by atoms with Crippen LogP contribution in [0.5, 0.6) is 5.75 Å². The predicted molar refractivity (Wildman–Crippen MR) is 68.5 cm³/mol. The molecular formula is C14H18N2O2. The van der Waals surface area contributed by atoms with Gasteiger partial charge in [-0.1, -0.05) is 38.1 Å². The lowest BCUT2D eigenvalue weighted by molar-refractivity contribution is 0.284. The molecule has 96 valence electrons. The first-order chi connectivity index (χ1) is 8.69. The Morgan fingerprint density at radius 2 is 1.94 bits per heavy atom. The van der Waals surface area contributed by atoms with Gasteiger partial charge >= 0.3 is 0 Å². The molecule has 0 saturated heterocycles. The number of nitrogens with zero attached hydrogens (tertiary/aromatic N) is 2. The van der Waals surface area contributed by atoms with Gasteiger partial charge in [-0.2, -0.15) is 4.98 Å². The number of benzene rings is 1. The molecule has 0 aliphatic carbocycles. The molecule has 4 nitrogen and oxygen atoms in total. The van der Waals surface area contributed by atoms with Crippen molar-refractivity contribution in [3.8, 4) is 5.75 Å². The molecule has 1 aromatic carbocycles. The van der Waals surface area contributed by atoms with E-state index in [2.05, 4.69) is 29.2 Å². The van der Waals surface area contributed by atoms with E-state index in [-0.39, 0.29) is 5.92 Å². The Morgan fingerprint density at radius 1 is 1.22 bits per heavy atom.